The molecular weight excluding hydrogens is 238 g/mol. The van der Waals surface area contributed by atoms with E-state index in [1.807, 2.05) is 12.1 Å². The summed E-state index contributed by atoms with van der Waals surface area (Å²) in [6.07, 6.45) is 4.12. The standard InChI is InChI=1S/C14H27N5/c1-14(2,3)18-8-7-16-13(15-4)17-9-12-19-10-5-6-11-19/h5-6,10-11,18H,7-9,12H2,1-4H3,(H2,15,16,17). The monoisotopic (exact) mass is 265 g/mol. The van der Waals surface area contributed by atoms with E-state index in [-0.39, 0.29) is 5.54 Å². The van der Waals surface area contributed by atoms with Gasteiger partial charge in [-0.2, -0.15) is 0 Å². The summed E-state index contributed by atoms with van der Waals surface area (Å²) in [5, 5.41) is 10.0. The molecule has 0 aromatic carbocycles. The van der Waals surface area contributed by atoms with Gasteiger partial charge in [0, 0.05) is 51.2 Å². The average molecular weight is 265 g/mol. The molecule has 0 aliphatic heterocycles. The van der Waals surface area contributed by atoms with E-state index < -0.39 is 0 Å². The number of aliphatic imine (C=N–C) groups is 1. The fourth-order valence-corrected chi connectivity index (χ4v) is 1.66. The summed E-state index contributed by atoms with van der Waals surface area (Å²) < 4.78 is 2.14. The van der Waals surface area contributed by atoms with E-state index in [0.717, 1.165) is 32.1 Å². The van der Waals surface area contributed by atoms with Crippen molar-refractivity contribution in [2.75, 3.05) is 26.7 Å². The first-order chi connectivity index (χ1) is 9.01. The van der Waals surface area contributed by atoms with Gasteiger partial charge in [-0.15, -0.1) is 0 Å². The van der Waals surface area contributed by atoms with E-state index in [9.17, 15) is 0 Å². The molecule has 0 radical (unpaired) electrons. The van der Waals surface area contributed by atoms with Gasteiger partial charge in [0.05, 0.1) is 0 Å². The second-order valence-corrected chi connectivity index (χ2v) is 5.52. The van der Waals surface area contributed by atoms with Crippen molar-refractivity contribution in [1.29, 1.82) is 0 Å². The molecule has 0 atom stereocenters. The molecule has 19 heavy (non-hydrogen) atoms. The molecule has 0 aliphatic carbocycles. The van der Waals surface area contributed by atoms with Gasteiger partial charge < -0.3 is 20.5 Å². The predicted octanol–water partition coefficient (Wildman–Crippen LogP) is 1.04. The molecule has 0 unspecified atom stereocenters. The fourth-order valence-electron chi connectivity index (χ4n) is 1.66. The first-order valence-electron chi connectivity index (χ1n) is 6.81. The van der Waals surface area contributed by atoms with E-state index in [4.69, 9.17) is 0 Å². The highest BCUT2D eigenvalue weighted by Gasteiger charge is 2.07. The Morgan fingerprint density at radius 1 is 1.05 bits per heavy atom. The van der Waals surface area contributed by atoms with Crippen LogP contribution in [0, 0.1) is 0 Å². The molecule has 1 heterocycles. The zero-order valence-corrected chi connectivity index (χ0v) is 12.5. The van der Waals surface area contributed by atoms with Gasteiger partial charge >= 0.3 is 0 Å². The molecule has 5 heteroatoms. The van der Waals surface area contributed by atoms with Crippen LogP contribution in [0.1, 0.15) is 20.8 Å². The summed E-state index contributed by atoms with van der Waals surface area (Å²) in [5.74, 6) is 0.850. The van der Waals surface area contributed by atoms with Crippen LogP contribution < -0.4 is 16.0 Å². The normalized spacial score (nSPS) is 12.5. The van der Waals surface area contributed by atoms with Gasteiger partial charge in [0.2, 0.25) is 0 Å². The molecule has 0 fully saturated rings. The smallest absolute Gasteiger partial charge is 0.191 e. The second kappa shape index (κ2) is 7.84. The lowest BCUT2D eigenvalue weighted by Gasteiger charge is -2.21. The molecule has 3 N–H and O–H groups in total. The van der Waals surface area contributed by atoms with Crippen molar-refractivity contribution in [3.8, 4) is 0 Å². The molecule has 1 aromatic rings. The molecule has 1 aromatic heterocycles. The molecule has 0 saturated heterocycles. The number of guanidine groups is 1. The quantitative estimate of drug-likeness (QED) is 0.409. The third kappa shape index (κ3) is 7.51. The Morgan fingerprint density at radius 3 is 2.26 bits per heavy atom. The van der Waals surface area contributed by atoms with Crippen molar-refractivity contribution >= 4 is 5.96 Å². The topological polar surface area (TPSA) is 53.4 Å². The third-order valence-electron chi connectivity index (χ3n) is 2.63. The lowest BCUT2D eigenvalue weighted by atomic mass is 10.1. The van der Waals surface area contributed by atoms with Crippen molar-refractivity contribution in [2.24, 2.45) is 4.99 Å². The average Bonchev–Trinajstić information content (AvgIpc) is 2.84. The molecule has 0 spiro atoms. The summed E-state index contributed by atoms with van der Waals surface area (Å²) in [4.78, 5) is 4.20. The highest BCUT2D eigenvalue weighted by atomic mass is 15.2. The van der Waals surface area contributed by atoms with Crippen molar-refractivity contribution in [3.05, 3.63) is 24.5 Å². The lowest BCUT2D eigenvalue weighted by molar-refractivity contribution is 0.428. The Balaban J connectivity index is 2.13. The van der Waals surface area contributed by atoms with E-state index >= 15 is 0 Å². The minimum absolute atomic E-state index is 0.160. The molecule has 0 aliphatic rings. The van der Waals surface area contributed by atoms with E-state index in [0.29, 0.717) is 0 Å². The first-order valence-corrected chi connectivity index (χ1v) is 6.81. The van der Waals surface area contributed by atoms with Crippen LogP contribution in [0.5, 0.6) is 0 Å². The van der Waals surface area contributed by atoms with Crippen LogP contribution in [0.4, 0.5) is 0 Å². The van der Waals surface area contributed by atoms with Gasteiger partial charge in [0.15, 0.2) is 5.96 Å². The summed E-state index contributed by atoms with van der Waals surface area (Å²) in [5.41, 5.74) is 0.160. The summed E-state index contributed by atoms with van der Waals surface area (Å²) in [7, 11) is 1.79. The van der Waals surface area contributed by atoms with Gasteiger partial charge in [0.1, 0.15) is 0 Å². The van der Waals surface area contributed by atoms with E-state index in [2.05, 4.69) is 58.7 Å². The Labute approximate surface area is 116 Å². The second-order valence-electron chi connectivity index (χ2n) is 5.52. The van der Waals surface area contributed by atoms with Crippen LogP contribution in [0.2, 0.25) is 0 Å². The van der Waals surface area contributed by atoms with E-state index in [1.165, 1.54) is 0 Å². The lowest BCUT2D eigenvalue weighted by Crippen LogP contribution is -2.45. The SMILES string of the molecule is CN=C(NCCNC(C)(C)C)NCCn1cccc1. The van der Waals surface area contributed by atoms with Crippen molar-refractivity contribution in [2.45, 2.75) is 32.9 Å². The minimum atomic E-state index is 0.160. The van der Waals surface area contributed by atoms with Crippen molar-refractivity contribution in [1.82, 2.24) is 20.5 Å². The van der Waals surface area contributed by atoms with Gasteiger partial charge in [0.25, 0.3) is 0 Å². The van der Waals surface area contributed by atoms with Gasteiger partial charge in [-0.3, -0.25) is 4.99 Å². The number of nitrogens with zero attached hydrogens (tertiary/aromatic N) is 2. The van der Waals surface area contributed by atoms with Crippen LogP contribution >= 0.6 is 0 Å². The molecule has 108 valence electrons. The maximum Gasteiger partial charge on any atom is 0.191 e. The van der Waals surface area contributed by atoms with Crippen LogP contribution in [0.15, 0.2) is 29.5 Å². The number of hydrogen-bond donors (Lipinski definition) is 3. The van der Waals surface area contributed by atoms with Crippen LogP contribution in [0.3, 0.4) is 0 Å². The molecule has 1 rings (SSSR count). The predicted molar refractivity (Wildman–Crippen MR) is 81.6 cm³/mol. The summed E-state index contributed by atoms with van der Waals surface area (Å²) in [6.45, 7) is 10.1. The molecule has 5 nitrogen and oxygen atoms in total. The Morgan fingerprint density at radius 2 is 1.68 bits per heavy atom. The first kappa shape index (κ1) is 15.6. The van der Waals surface area contributed by atoms with Gasteiger partial charge in [-0.25, -0.2) is 0 Å². The van der Waals surface area contributed by atoms with Crippen LogP contribution in [0.25, 0.3) is 0 Å². The molecule has 0 bridgehead atoms. The maximum atomic E-state index is 4.20. The van der Waals surface area contributed by atoms with Crippen molar-refractivity contribution < 1.29 is 0 Å². The highest BCUT2D eigenvalue weighted by Crippen LogP contribution is 1.96. The van der Waals surface area contributed by atoms with Crippen LogP contribution in [-0.2, 0) is 6.54 Å². The zero-order valence-electron chi connectivity index (χ0n) is 12.5. The number of aromatic nitrogens is 1. The molecule has 0 amide bonds. The fraction of sp³-hybridized carbons (Fsp3) is 0.643. The maximum absolute atomic E-state index is 4.20. The van der Waals surface area contributed by atoms with E-state index in [1.54, 1.807) is 7.05 Å². The highest BCUT2D eigenvalue weighted by molar-refractivity contribution is 5.79. The Kier molecular flexibility index (Phi) is 6.42. The Hall–Kier alpha value is -1.49. The summed E-state index contributed by atoms with van der Waals surface area (Å²) >= 11 is 0. The Bertz CT molecular complexity index is 362. The number of hydrogen-bond acceptors (Lipinski definition) is 2. The van der Waals surface area contributed by atoms with Crippen LogP contribution in [-0.4, -0.2) is 42.7 Å². The minimum Gasteiger partial charge on any atom is -0.355 e. The van der Waals surface area contributed by atoms with Gasteiger partial charge in [-0.05, 0) is 32.9 Å². The molecular formula is C14H27N5. The molecule has 0 saturated carbocycles. The largest absolute Gasteiger partial charge is 0.355 e. The zero-order chi connectivity index (χ0) is 14.1. The third-order valence-corrected chi connectivity index (χ3v) is 2.63. The number of rotatable bonds is 6. The van der Waals surface area contributed by atoms with Gasteiger partial charge in [-0.1, -0.05) is 0 Å². The summed E-state index contributed by atoms with van der Waals surface area (Å²) in [6, 6.07) is 4.07. The number of nitrogens with one attached hydrogen (secondary N) is 3. The van der Waals surface area contributed by atoms with Crippen molar-refractivity contribution in [3.63, 3.8) is 0 Å².